The molecule has 14 nitrogen and oxygen atoms in total. The highest BCUT2D eigenvalue weighted by Crippen LogP contribution is 2.32. The van der Waals surface area contributed by atoms with Crippen molar-refractivity contribution in [2.75, 3.05) is 13.2 Å². The number of ether oxygens (including phenoxy) is 4. The van der Waals surface area contributed by atoms with Crippen LogP contribution >= 0.6 is 0 Å². The molecule has 3 fully saturated rings. The molecule has 1 aliphatic carbocycles. The van der Waals surface area contributed by atoms with Crippen molar-refractivity contribution in [1.82, 2.24) is 0 Å². The molecule has 14 heteroatoms. The maximum Gasteiger partial charge on any atom is 0.187 e. The molecule has 2 saturated heterocycles. The van der Waals surface area contributed by atoms with E-state index in [0.29, 0.717) is 0 Å². The van der Waals surface area contributed by atoms with Crippen LogP contribution in [0.15, 0.2) is 0 Å². The third-order valence-corrected chi connectivity index (χ3v) is 6.14. The van der Waals surface area contributed by atoms with Crippen LogP contribution in [0, 0.1) is 0 Å². The Balaban J connectivity index is 1.67. The molecule has 0 aromatic heterocycles. The Hall–Kier alpha value is -0.560. The quantitative estimate of drug-likeness (QED) is 0.173. The van der Waals surface area contributed by atoms with Gasteiger partial charge in [-0.1, -0.05) is 0 Å². The fraction of sp³-hybridized carbons (Fsp3) is 1.00. The summed E-state index contributed by atoms with van der Waals surface area (Å²) >= 11 is 0. The van der Waals surface area contributed by atoms with Crippen LogP contribution in [0.25, 0.3) is 0 Å². The molecule has 188 valence electrons. The lowest BCUT2D eigenvalue weighted by Crippen LogP contribution is -2.65. The zero-order valence-electron chi connectivity index (χ0n) is 17.0. The van der Waals surface area contributed by atoms with E-state index in [0.717, 1.165) is 0 Å². The van der Waals surface area contributed by atoms with Crippen molar-refractivity contribution in [3.8, 4) is 0 Å². The second-order valence-corrected chi connectivity index (χ2v) is 8.31. The maximum atomic E-state index is 10.6. The molecule has 32 heavy (non-hydrogen) atoms. The molecule has 2 heterocycles. The van der Waals surface area contributed by atoms with Crippen molar-refractivity contribution in [1.29, 1.82) is 0 Å². The maximum absolute atomic E-state index is 10.6. The number of aliphatic hydroxyl groups is 10. The summed E-state index contributed by atoms with van der Waals surface area (Å²) in [5, 5.41) is 99.3. The molecular formula is C18H32O14. The van der Waals surface area contributed by atoms with Gasteiger partial charge in [-0.05, 0) is 12.8 Å². The van der Waals surface area contributed by atoms with E-state index < -0.39 is 99.0 Å². The van der Waals surface area contributed by atoms with Crippen molar-refractivity contribution >= 4 is 0 Å². The van der Waals surface area contributed by atoms with Gasteiger partial charge in [0.15, 0.2) is 12.6 Å². The molecule has 0 spiro atoms. The third-order valence-electron chi connectivity index (χ3n) is 6.14. The molecule has 0 aromatic carbocycles. The molecule has 0 unspecified atom stereocenters. The minimum atomic E-state index is -1.78. The van der Waals surface area contributed by atoms with Crippen LogP contribution in [0.3, 0.4) is 0 Å². The summed E-state index contributed by atoms with van der Waals surface area (Å²) in [5.74, 6) is 0. The summed E-state index contributed by atoms with van der Waals surface area (Å²) in [5.41, 5.74) is 0. The molecule has 0 amide bonds. The van der Waals surface area contributed by atoms with Gasteiger partial charge in [-0.15, -0.1) is 0 Å². The normalized spacial score (nSPS) is 52.7. The number of hydrogen-bond acceptors (Lipinski definition) is 14. The zero-order chi connectivity index (χ0) is 23.7. The average molecular weight is 472 g/mol. The van der Waals surface area contributed by atoms with Gasteiger partial charge in [0.2, 0.25) is 0 Å². The molecule has 10 N–H and O–H groups in total. The SMILES string of the molecule is OC[C@@H]1O[C@H](O[C@H]2[C@@H](O)[C@@H](O)[C@@H](O[C@@H]3CC[C@@H](O)[C@@H](O)[C@@H]3O)O[C@H]2CO)[C@H](O)[C@H](O)[C@@H]1O. The Morgan fingerprint density at radius 2 is 1.12 bits per heavy atom. The average Bonchev–Trinajstić information content (AvgIpc) is 2.78. The van der Waals surface area contributed by atoms with Crippen molar-refractivity contribution < 1.29 is 70.0 Å². The highest BCUT2D eigenvalue weighted by atomic mass is 16.7. The lowest BCUT2D eigenvalue weighted by Gasteiger charge is -2.47. The van der Waals surface area contributed by atoms with E-state index in [1.165, 1.54) is 0 Å². The first-order valence-electron chi connectivity index (χ1n) is 10.4. The van der Waals surface area contributed by atoms with Gasteiger partial charge in [0.1, 0.15) is 61.0 Å². The lowest BCUT2D eigenvalue weighted by molar-refractivity contribution is -0.366. The summed E-state index contributed by atoms with van der Waals surface area (Å²) in [4.78, 5) is 0. The van der Waals surface area contributed by atoms with Gasteiger partial charge in [-0.3, -0.25) is 0 Å². The number of aliphatic hydroxyl groups excluding tert-OH is 10. The minimum absolute atomic E-state index is 0.112. The molecule has 0 bridgehead atoms. The Labute approximate surface area is 182 Å². The second kappa shape index (κ2) is 10.8. The van der Waals surface area contributed by atoms with Gasteiger partial charge in [-0.2, -0.15) is 0 Å². The Morgan fingerprint density at radius 1 is 0.562 bits per heavy atom. The Bertz CT molecular complexity index is 592. The molecule has 3 rings (SSSR count). The van der Waals surface area contributed by atoms with Crippen molar-refractivity contribution in [3.63, 3.8) is 0 Å². The summed E-state index contributed by atoms with van der Waals surface area (Å²) in [7, 11) is 0. The summed E-state index contributed by atoms with van der Waals surface area (Å²) in [6.45, 7) is -1.44. The molecule has 0 aromatic rings. The molecule has 14 atom stereocenters. The summed E-state index contributed by atoms with van der Waals surface area (Å²) in [6, 6.07) is 0. The number of hydrogen-bond donors (Lipinski definition) is 10. The van der Waals surface area contributed by atoms with Crippen LogP contribution in [-0.2, 0) is 18.9 Å². The molecular weight excluding hydrogens is 440 g/mol. The van der Waals surface area contributed by atoms with Crippen LogP contribution in [0.5, 0.6) is 0 Å². The lowest BCUT2D eigenvalue weighted by atomic mass is 9.89. The van der Waals surface area contributed by atoms with Crippen LogP contribution in [0.2, 0.25) is 0 Å². The first kappa shape index (κ1) is 26.1. The first-order chi connectivity index (χ1) is 15.1. The van der Waals surface area contributed by atoms with E-state index in [-0.39, 0.29) is 12.8 Å². The van der Waals surface area contributed by atoms with Crippen molar-refractivity contribution in [3.05, 3.63) is 0 Å². The Morgan fingerprint density at radius 3 is 1.75 bits per heavy atom. The third kappa shape index (κ3) is 5.08. The van der Waals surface area contributed by atoms with E-state index >= 15 is 0 Å². The Kier molecular flexibility index (Phi) is 8.79. The monoisotopic (exact) mass is 472 g/mol. The molecule has 1 saturated carbocycles. The van der Waals surface area contributed by atoms with Crippen LogP contribution in [-0.4, -0.2) is 150 Å². The fourth-order valence-electron chi connectivity index (χ4n) is 4.11. The molecule has 0 radical (unpaired) electrons. The van der Waals surface area contributed by atoms with E-state index in [9.17, 15) is 51.1 Å². The van der Waals surface area contributed by atoms with Gasteiger partial charge in [0, 0.05) is 0 Å². The molecule has 2 aliphatic heterocycles. The smallest absolute Gasteiger partial charge is 0.187 e. The van der Waals surface area contributed by atoms with Crippen molar-refractivity contribution in [2.45, 2.75) is 98.7 Å². The van der Waals surface area contributed by atoms with Gasteiger partial charge in [0.25, 0.3) is 0 Å². The predicted octanol–water partition coefficient (Wildman–Crippen LogP) is -6.13. The van der Waals surface area contributed by atoms with Gasteiger partial charge >= 0.3 is 0 Å². The first-order valence-corrected chi connectivity index (χ1v) is 10.4. The van der Waals surface area contributed by atoms with Crippen LogP contribution in [0.1, 0.15) is 12.8 Å². The van der Waals surface area contributed by atoms with Gasteiger partial charge in [-0.25, -0.2) is 0 Å². The highest BCUT2D eigenvalue weighted by Gasteiger charge is 2.51. The second-order valence-electron chi connectivity index (χ2n) is 8.31. The fourth-order valence-corrected chi connectivity index (χ4v) is 4.11. The van der Waals surface area contributed by atoms with Crippen LogP contribution < -0.4 is 0 Å². The predicted molar refractivity (Wildman–Crippen MR) is 98.5 cm³/mol. The standard InChI is InChI=1S/C18H32O14/c19-3-7-11(24)12(25)14(27)18(30-7)32-16-8(4-20)31-17(15(28)13(16)26)29-6-2-1-5(21)9(22)10(6)23/h5-28H,1-4H2/t5-,6-,7+,8+,9-,10-,11-,12-,13+,14-,15-,16-,17+,18-/m1/s1. The van der Waals surface area contributed by atoms with E-state index in [1.54, 1.807) is 0 Å². The van der Waals surface area contributed by atoms with Crippen LogP contribution in [0.4, 0.5) is 0 Å². The van der Waals surface area contributed by atoms with Crippen molar-refractivity contribution in [2.24, 2.45) is 0 Å². The van der Waals surface area contributed by atoms with E-state index in [1.807, 2.05) is 0 Å². The molecule has 3 aliphatic rings. The van der Waals surface area contributed by atoms with Gasteiger partial charge < -0.3 is 70.0 Å². The van der Waals surface area contributed by atoms with Gasteiger partial charge in [0.05, 0.1) is 25.4 Å². The highest BCUT2D eigenvalue weighted by molar-refractivity contribution is 4.95. The summed E-state index contributed by atoms with van der Waals surface area (Å²) < 4.78 is 21.6. The van der Waals surface area contributed by atoms with E-state index in [4.69, 9.17) is 18.9 Å². The summed E-state index contributed by atoms with van der Waals surface area (Å²) in [6.07, 6.45) is -20.8. The minimum Gasteiger partial charge on any atom is -0.394 e. The zero-order valence-corrected chi connectivity index (χ0v) is 17.0. The topological polar surface area (TPSA) is 239 Å². The number of rotatable bonds is 6. The van der Waals surface area contributed by atoms with E-state index in [2.05, 4.69) is 0 Å². The largest absolute Gasteiger partial charge is 0.394 e.